The van der Waals surface area contributed by atoms with Crippen LogP contribution in [0.5, 0.6) is 11.5 Å². The Morgan fingerprint density at radius 3 is 1.16 bits per heavy atom. The van der Waals surface area contributed by atoms with Crippen LogP contribution in [0, 0.1) is 20.0 Å². The average Bonchev–Trinajstić information content (AvgIpc) is 2.86. The van der Waals surface area contributed by atoms with Crippen LogP contribution in [0.25, 0.3) is 0 Å². The molecule has 0 radical (unpaired) electrons. The van der Waals surface area contributed by atoms with Crippen molar-refractivity contribution >= 4 is 0 Å². The SMILES string of the molecule is C1=COc2c(Cc3ccccc3)ccc(Cc3ccccc3)c2O1.[C-]#[O+].[C-]#[O+].[C-]#[O+].[Cr]. The molecule has 0 atom stereocenters. The topological polar surface area (TPSA) is 78.2 Å². The number of fused-ring (bicyclic) bond motifs is 1. The molecule has 4 rings (SSSR count). The zero-order chi connectivity index (χ0) is 22.2. The third kappa shape index (κ3) is 8.18. The summed E-state index contributed by atoms with van der Waals surface area (Å²) in [5.41, 5.74) is 4.79. The van der Waals surface area contributed by atoms with Gasteiger partial charge in [-0.15, -0.1) is 0 Å². The molecule has 0 saturated heterocycles. The van der Waals surface area contributed by atoms with Crippen molar-refractivity contribution in [3.05, 3.63) is 128 Å². The summed E-state index contributed by atoms with van der Waals surface area (Å²) in [6.07, 6.45) is 4.85. The van der Waals surface area contributed by atoms with Crippen molar-refractivity contribution in [3.8, 4) is 11.5 Å². The van der Waals surface area contributed by atoms with Crippen LogP contribution < -0.4 is 9.47 Å². The van der Waals surface area contributed by atoms with Crippen molar-refractivity contribution in [2.75, 3.05) is 0 Å². The zero-order valence-corrected chi connectivity index (χ0v) is 17.7. The van der Waals surface area contributed by atoms with E-state index in [1.807, 2.05) is 12.1 Å². The van der Waals surface area contributed by atoms with Crippen molar-refractivity contribution in [2.45, 2.75) is 12.8 Å². The molecule has 3 aromatic carbocycles. The smallest absolute Gasteiger partial charge is 0 e. The Morgan fingerprint density at radius 1 is 0.516 bits per heavy atom. The van der Waals surface area contributed by atoms with Gasteiger partial charge < -0.3 is 9.47 Å². The van der Waals surface area contributed by atoms with Gasteiger partial charge in [0.15, 0.2) is 11.5 Å². The zero-order valence-electron chi connectivity index (χ0n) is 16.4. The normalized spacial score (nSPS) is 9.61. The maximum atomic E-state index is 7.50. The van der Waals surface area contributed by atoms with Crippen LogP contribution in [-0.4, -0.2) is 0 Å². The second-order valence-corrected chi connectivity index (χ2v) is 5.87. The van der Waals surface area contributed by atoms with Crippen molar-refractivity contribution < 1.29 is 40.8 Å². The Hall–Kier alpha value is -3.25. The van der Waals surface area contributed by atoms with Crippen LogP contribution in [0.2, 0.25) is 0 Å². The number of rotatable bonds is 4. The molecule has 3 aromatic rings. The predicted molar refractivity (Wildman–Crippen MR) is 107 cm³/mol. The second kappa shape index (κ2) is 16.5. The van der Waals surface area contributed by atoms with Gasteiger partial charge in [-0.25, -0.2) is 0 Å². The molecule has 0 aliphatic carbocycles. The summed E-state index contributed by atoms with van der Waals surface area (Å²) in [6, 6.07) is 25.1. The van der Waals surface area contributed by atoms with E-state index in [1.54, 1.807) is 12.5 Å². The van der Waals surface area contributed by atoms with E-state index in [0.717, 1.165) is 35.5 Å². The molecule has 0 amide bonds. The summed E-state index contributed by atoms with van der Waals surface area (Å²) in [4.78, 5) is 0. The molecule has 0 aromatic heterocycles. The maximum absolute atomic E-state index is 7.50. The molecule has 0 spiro atoms. The second-order valence-electron chi connectivity index (χ2n) is 5.87. The molecule has 0 N–H and O–H groups in total. The van der Waals surface area contributed by atoms with Gasteiger partial charge in [0.2, 0.25) is 0 Å². The van der Waals surface area contributed by atoms with Gasteiger partial charge in [-0.05, 0) is 11.1 Å². The standard InChI is InChI=1S/C22H18O2.3CO.Cr/c1-3-7-17(8-4-1)15-19-11-12-20(16-18-9-5-2-6-10-18)22-21(19)23-13-14-24-22;3*1-2;/h1-14H,15-16H2;;;;. The summed E-state index contributed by atoms with van der Waals surface area (Å²) in [5.74, 6) is 1.66. The molecular formula is C25H18CrO5. The summed E-state index contributed by atoms with van der Waals surface area (Å²) < 4.78 is 34.1. The molecular weight excluding hydrogens is 432 g/mol. The van der Waals surface area contributed by atoms with E-state index in [4.69, 9.17) is 23.4 Å². The third-order valence-electron chi connectivity index (χ3n) is 4.18. The van der Waals surface area contributed by atoms with Gasteiger partial charge in [-0.2, -0.15) is 0 Å². The molecule has 1 heterocycles. The van der Waals surface area contributed by atoms with Gasteiger partial charge in [0, 0.05) is 41.3 Å². The fourth-order valence-corrected chi connectivity index (χ4v) is 3.00. The first kappa shape index (κ1) is 27.8. The van der Waals surface area contributed by atoms with E-state index in [1.165, 1.54) is 11.1 Å². The minimum absolute atomic E-state index is 0. The molecule has 0 fully saturated rings. The van der Waals surface area contributed by atoms with Gasteiger partial charge in [-0.3, -0.25) is 0 Å². The van der Waals surface area contributed by atoms with Crippen molar-refractivity contribution in [2.24, 2.45) is 0 Å². The Morgan fingerprint density at radius 2 is 0.839 bits per heavy atom. The first-order valence-corrected chi connectivity index (χ1v) is 8.72. The first-order chi connectivity index (χ1) is 14.9. The Labute approximate surface area is 192 Å². The fourth-order valence-electron chi connectivity index (χ4n) is 3.00. The molecule has 154 valence electrons. The van der Waals surface area contributed by atoms with Crippen molar-refractivity contribution in [1.82, 2.24) is 0 Å². The Kier molecular flexibility index (Phi) is 14.8. The van der Waals surface area contributed by atoms with Gasteiger partial charge in [-0.1, -0.05) is 72.8 Å². The number of hydrogen-bond donors (Lipinski definition) is 0. The van der Waals surface area contributed by atoms with Gasteiger partial charge in [0.05, 0.1) is 0 Å². The largest absolute Gasteiger partial charge is 0 e. The summed E-state index contributed by atoms with van der Waals surface area (Å²) in [7, 11) is 0. The predicted octanol–water partition coefficient (Wildman–Crippen LogP) is 5.00. The van der Waals surface area contributed by atoms with E-state index in [2.05, 4.69) is 80.6 Å². The minimum atomic E-state index is 0. The van der Waals surface area contributed by atoms with E-state index >= 15 is 0 Å². The van der Waals surface area contributed by atoms with Crippen molar-refractivity contribution in [1.29, 1.82) is 0 Å². The number of ether oxygens (including phenoxy) is 2. The van der Waals surface area contributed by atoms with E-state index < -0.39 is 0 Å². The molecule has 0 unspecified atom stereocenters. The molecule has 6 heteroatoms. The van der Waals surface area contributed by atoms with Crippen LogP contribution in [0.15, 0.2) is 85.3 Å². The molecule has 0 bridgehead atoms. The molecule has 5 nitrogen and oxygen atoms in total. The van der Waals surface area contributed by atoms with Crippen LogP contribution in [-0.2, 0) is 44.2 Å². The fraction of sp³-hybridized carbons (Fsp3) is 0.0800. The molecule has 31 heavy (non-hydrogen) atoms. The molecule has 0 saturated carbocycles. The Balaban J connectivity index is 0.00000119. The quantitative estimate of drug-likeness (QED) is 0.415. The monoisotopic (exact) mass is 450 g/mol. The van der Waals surface area contributed by atoms with E-state index in [0.29, 0.717) is 0 Å². The van der Waals surface area contributed by atoms with Gasteiger partial charge >= 0.3 is 33.9 Å². The minimum Gasteiger partial charge on any atom is 0 e. The first-order valence-electron chi connectivity index (χ1n) is 8.72. The Bertz CT molecular complexity index is 906. The maximum Gasteiger partial charge on any atom is 0 e. The molecule has 1 aliphatic heterocycles. The summed E-state index contributed by atoms with van der Waals surface area (Å²) in [6.45, 7) is 13.5. The van der Waals surface area contributed by atoms with Crippen LogP contribution in [0.1, 0.15) is 22.3 Å². The van der Waals surface area contributed by atoms with Gasteiger partial charge in [0.25, 0.3) is 0 Å². The van der Waals surface area contributed by atoms with Crippen LogP contribution >= 0.6 is 0 Å². The van der Waals surface area contributed by atoms with Crippen molar-refractivity contribution in [3.63, 3.8) is 0 Å². The summed E-state index contributed by atoms with van der Waals surface area (Å²) in [5, 5.41) is 0. The molecule has 1 aliphatic rings. The van der Waals surface area contributed by atoms with Crippen LogP contribution in [0.4, 0.5) is 0 Å². The summed E-state index contributed by atoms with van der Waals surface area (Å²) >= 11 is 0. The number of hydrogen-bond acceptors (Lipinski definition) is 2. The van der Waals surface area contributed by atoms with E-state index in [-0.39, 0.29) is 17.4 Å². The third-order valence-corrected chi connectivity index (χ3v) is 4.18. The van der Waals surface area contributed by atoms with Gasteiger partial charge in [0.1, 0.15) is 12.5 Å². The van der Waals surface area contributed by atoms with E-state index in [9.17, 15) is 0 Å². The van der Waals surface area contributed by atoms with Crippen LogP contribution in [0.3, 0.4) is 0 Å². The number of benzene rings is 3. The average molecular weight is 450 g/mol.